The minimum atomic E-state index is 0.640. The molecule has 0 unspecified atom stereocenters. The van der Waals surface area contributed by atoms with Crippen molar-refractivity contribution in [2.75, 3.05) is 0 Å². The van der Waals surface area contributed by atoms with Crippen LogP contribution in [0.2, 0.25) is 5.02 Å². The van der Waals surface area contributed by atoms with Gasteiger partial charge in [-0.05, 0) is 42.8 Å². The first-order valence-corrected chi connectivity index (χ1v) is 8.03. The molecule has 21 heavy (non-hydrogen) atoms. The lowest BCUT2D eigenvalue weighted by Crippen LogP contribution is -2.02. The molecule has 0 radical (unpaired) electrons. The molecule has 3 rings (SSSR count). The molecule has 0 amide bonds. The predicted molar refractivity (Wildman–Crippen MR) is 89.2 cm³/mol. The molecule has 2 aromatic carbocycles. The van der Waals surface area contributed by atoms with Gasteiger partial charge in [-0.2, -0.15) is 0 Å². The normalized spacial score (nSPS) is 10.8. The Kier molecular flexibility index (Phi) is 4.08. The third-order valence-corrected chi connectivity index (χ3v) is 4.03. The fourth-order valence-corrected chi connectivity index (χ4v) is 2.89. The lowest BCUT2D eigenvalue weighted by Gasteiger charge is -2.11. The Bertz CT molecular complexity index is 768. The van der Waals surface area contributed by atoms with Crippen LogP contribution in [0.4, 0.5) is 0 Å². The number of benzene rings is 2. The Labute approximate surface area is 136 Å². The molecular weight excluding hydrogens is 350 g/mol. The van der Waals surface area contributed by atoms with Crippen molar-refractivity contribution >= 4 is 27.5 Å². The zero-order valence-electron chi connectivity index (χ0n) is 11.4. The zero-order chi connectivity index (χ0) is 14.8. The van der Waals surface area contributed by atoms with E-state index in [1.54, 1.807) is 0 Å². The van der Waals surface area contributed by atoms with Gasteiger partial charge in [-0.15, -0.1) is 10.2 Å². The van der Waals surface area contributed by atoms with Gasteiger partial charge in [0.1, 0.15) is 5.82 Å². The van der Waals surface area contributed by atoms with Crippen molar-refractivity contribution in [3.8, 4) is 17.1 Å². The molecule has 106 valence electrons. The van der Waals surface area contributed by atoms with Crippen molar-refractivity contribution in [3.63, 3.8) is 0 Å². The molecule has 0 aliphatic carbocycles. The fourth-order valence-electron chi connectivity index (χ4n) is 2.30. The molecule has 1 aromatic heterocycles. The highest BCUT2D eigenvalue weighted by Gasteiger charge is 2.16. The Morgan fingerprint density at radius 1 is 1.10 bits per heavy atom. The number of para-hydroxylation sites is 1. The third-order valence-electron chi connectivity index (χ3n) is 3.29. The second-order valence-electron chi connectivity index (χ2n) is 4.70. The SMILES string of the molecule is Cc1cc(Cl)ccc1-c1nnc(CBr)n1-c1ccccc1. The van der Waals surface area contributed by atoms with Gasteiger partial charge in [0.2, 0.25) is 0 Å². The fraction of sp³-hybridized carbons (Fsp3) is 0.125. The molecule has 0 saturated carbocycles. The van der Waals surface area contributed by atoms with Crippen molar-refractivity contribution in [3.05, 3.63) is 64.9 Å². The summed E-state index contributed by atoms with van der Waals surface area (Å²) in [7, 11) is 0. The van der Waals surface area contributed by atoms with Crippen LogP contribution < -0.4 is 0 Å². The van der Waals surface area contributed by atoms with Crippen molar-refractivity contribution in [1.82, 2.24) is 14.8 Å². The summed E-state index contributed by atoms with van der Waals surface area (Å²) < 4.78 is 2.06. The first kappa shape index (κ1) is 14.3. The molecule has 0 saturated heterocycles. The van der Waals surface area contributed by atoms with Crippen LogP contribution >= 0.6 is 27.5 Å². The number of aryl methyl sites for hydroxylation is 1. The maximum atomic E-state index is 6.04. The van der Waals surface area contributed by atoms with Gasteiger partial charge in [-0.25, -0.2) is 0 Å². The summed E-state index contributed by atoms with van der Waals surface area (Å²) in [6.07, 6.45) is 0. The Hall–Kier alpha value is -1.65. The highest BCUT2D eigenvalue weighted by atomic mass is 79.9. The van der Waals surface area contributed by atoms with Gasteiger partial charge in [-0.3, -0.25) is 4.57 Å². The number of alkyl halides is 1. The number of halogens is 2. The smallest absolute Gasteiger partial charge is 0.168 e. The van der Waals surface area contributed by atoms with Gasteiger partial charge in [-0.1, -0.05) is 45.7 Å². The van der Waals surface area contributed by atoms with Crippen LogP contribution in [-0.4, -0.2) is 14.8 Å². The van der Waals surface area contributed by atoms with Gasteiger partial charge in [0.15, 0.2) is 5.82 Å². The first-order valence-electron chi connectivity index (χ1n) is 6.53. The van der Waals surface area contributed by atoms with E-state index in [1.165, 1.54) is 0 Å². The molecule has 0 bridgehead atoms. The lowest BCUT2D eigenvalue weighted by atomic mass is 10.1. The minimum absolute atomic E-state index is 0.640. The predicted octanol–water partition coefficient (Wildman–Crippen LogP) is 4.79. The van der Waals surface area contributed by atoms with Crippen LogP contribution in [0, 0.1) is 6.92 Å². The molecule has 5 heteroatoms. The second kappa shape index (κ2) is 6.00. The van der Waals surface area contributed by atoms with E-state index in [1.807, 2.05) is 55.5 Å². The zero-order valence-corrected chi connectivity index (χ0v) is 13.8. The van der Waals surface area contributed by atoms with Crippen LogP contribution in [0.5, 0.6) is 0 Å². The Balaban J connectivity index is 2.22. The van der Waals surface area contributed by atoms with Crippen molar-refractivity contribution in [2.45, 2.75) is 12.3 Å². The molecule has 0 N–H and O–H groups in total. The minimum Gasteiger partial charge on any atom is -0.278 e. The number of rotatable bonds is 3. The van der Waals surface area contributed by atoms with E-state index < -0.39 is 0 Å². The molecule has 0 atom stereocenters. The average Bonchev–Trinajstić information content (AvgIpc) is 2.92. The standard InChI is InChI=1S/C16H13BrClN3/c1-11-9-12(18)7-8-14(11)16-20-19-15(10-17)21(16)13-5-3-2-4-6-13/h2-9H,10H2,1H3. The largest absolute Gasteiger partial charge is 0.278 e. The Morgan fingerprint density at radius 3 is 2.52 bits per heavy atom. The van der Waals surface area contributed by atoms with Crippen LogP contribution in [0.1, 0.15) is 11.4 Å². The average molecular weight is 363 g/mol. The summed E-state index contributed by atoms with van der Waals surface area (Å²) in [4.78, 5) is 0. The van der Waals surface area contributed by atoms with Crippen LogP contribution in [0.25, 0.3) is 17.1 Å². The summed E-state index contributed by atoms with van der Waals surface area (Å²) >= 11 is 9.52. The van der Waals surface area contributed by atoms with Gasteiger partial charge in [0, 0.05) is 16.3 Å². The highest BCUT2D eigenvalue weighted by Crippen LogP contribution is 2.28. The van der Waals surface area contributed by atoms with Gasteiger partial charge in [0.25, 0.3) is 0 Å². The first-order chi connectivity index (χ1) is 10.2. The summed E-state index contributed by atoms with van der Waals surface area (Å²) in [6, 6.07) is 15.9. The molecule has 1 heterocycles. The molecule has 3 aromatic rings. The number of hydrogen-bond donors (Lipinski definition) is 0. The third kappa shape index (κ3) is 2.74. The van der Waals surface area contributed by atoms with Crippen LogP contribution in [0.3, 0.4) is 0 Å². The maximum Gasteiger partial charge on any atom is 0.168 e. The van der Waals surface area contributed by atoms with E-state index in [-0.39, 0.29) is 0 Å². The number of nitrogens with zero attached hydrogens (tertiary/aromatic N) is 3. The van der Waals surface area contributed by atoms with Gasteiger partial charge < -0.3 is 0 Å². The van der Waals surface area contributed by atoms with Crippen LogP contribution in [-0.2, 0) is 5.33 Å². The monoisotopic (exact) mass is 361 g/mol. The molecule has 0 fully saturated rings. The maximum absolute atomic E-state index is 6.04. The summed E-state index contributed by atoms with van der Waals surface area (Å²) in [6.45, 7) is 2.03. The van der Waals surface area contributed by atoms with E-state index in [9.17, 15) is 0 Å². The van der Waals surface area contributed by atoms with E-state index >= 15 is 0 Å². The second-order valence-corrected chi connectivity index (χ2v) is 5.70. The van der Waals surface area contributed by atoms with E-state index in [0.717, 1.165) is 33.5 Å². The summed E-state index contributed by atoms with van der Waals surface area (Å²) in [5.41, 5.74) is 3.15. The lowest BCUT2D eigenvalue weighted by molar-refractivity contribution is 0.962. The van der Waals surface area contributed by atoms with Crippen molar-refractivity contribution < 1.29 is 0 Å². The van der Waals surface area contributed by atoms with Crippen LogP contribution in [0.15, 0.2) is 48.5 Å². The highest BCUT2D eigenvalue weighted by molar-refractivity contribution is 9.08. The van der Waals surface area contributed by atoms with E-state index in [4.69, 9.17) is 11.6 Å². The number of hydrogen-bond acceptors (Lipinski definition) is 2. The molecule has 0 aliphatic rings. The molecule has 3 nitrogen and oxygen atoms in total. The molecular formula is C16H13BrClN3. The Morgan fingerprint density at radius 2 is 1.86 bits per heavy atom. The summed E-state index contributed by atoms with van der Waals surface area (Å²) in [5, 5.41) is 10.0. The molecule has 0 aliphatic heterocycles. The van der Waals surface area contributed by atoms with Gasteiger partial charge in [0.05, 0.1) is 5.33 Å². The van der Waals surface area contributed by atoms with E-state index in [0.29, 0.717) is 5.33 Å². The van der Waals surface area contributed by atoms with Gasteiger partial charge >= 0.3 is 0 Å². The topological polar surface area (TPSA) is 30.7 Å². The number of aromatic nitrogens is 3. The van der Waals surface area contributed by atoms with Crippen molar-refractivity contribution in [2.24, 2.45) is 0 Å². The molecule has 0 spiro atoms. The quantitative estimate of drug-likeness (QED) is 0.627. The van der Waals surface area contributed by atoms with E-state index in [2.05, 4.69) is 30.7 Å². The summed E-state index contributed by atoms with van der Waals surface area (Å²) in [5.74, 6) is 1.69. The van der Waals surface area contributed by atoms with Crippen molar-refractivity contribution in [1.29, 1.82) is 0 Å².